The van der Waals surface area contributed by atoms with Gasteiger partial charge >= 0.3 is 0 Å². The highest BCUT2D eigenvalue weighted by Gasteiger charge is 1.95. The van der Waals surface area contributed by atoms with E-state index in [4.69, 9.17) is 10.2 Å². The third-order valence-electron chi connectivity index (χ3n) is 4.59. The van der Waals surface area contributed by atoms with Crippen molar-refractivity contribution in [1.29, 1.82) is 0 Å². The second-order valence-corrected chi connectivity index (χ2v) is 7.12. The lowest BCUT2D eigenvalue weighted by atomic mass is 10.0. The van der Waals surface area contributed by atoms with Gasteiger partial charge in [0.2, 0.25) is 0 Å². The maximum Gasteiger partial charge on any atom is 0.119 e. The number of aromatic hydroxyl groups is 3. The second-order valence-electron chi connectivity index (χ2n) is 7.12. The average molecular weight is 373 g/mol. The van der Waals surface area contributed by atoms with Crippen molar-refractivity contribution >= 4 is 0 Å². The Hall–Kier alpha value is -2.16. The Kier molecular flexibility index (Phi) is 12.7. The maximum absolute atomic E-state index is 9.20. The molecule has 0 saturated heterocycles. The van der Waals surface area contributed by atoms with E-state index in [2.05, 4.69) is 6.92 Å². The number of phenols is 3. The first-order valence-electron chi connectivity index (χ1n) is 10.4. The van der Waals surface area contributed by atoms with Gasteiger partial charge in [-0.2, -0.15) is 0 Å². The average Bonchev–Trinajstić information content (AvgIpc) is 2.65. The third-order valence-corrected chi connectivity index (χ3v) is 4.59. The molecule has 3 N–H and O–H groups in total. The van der Waals surface area contributed by atoms with Crippen LogP contribution in [0.25, 0.3) is 0 Å². The highest BCUT2D eigenvalue weighted by Crippen LogP contribution is 2.15. The van der Waals surface area contributed by atoms with E-state index in [-0.39, 0.29) is 11.5 Å². The summed E-state index contributed by atoms with van der Waals surface area (Å²) in [6.45, 7) is 2.27. The fourth-order valence-corrected chi connectivity index (χ4v) is 2.97. The van der Waals surface area contributed by atoms with Gasteiger partial charge in [0.05, 0.1) is 0 Å². The summed E-state index contributed by atoms with van der Waals surface area (Å²) in [6, 6.07) is 13.5. The number of unbranched alkanes of at least 4 members (excludes halogenated alkanes) is 9. The van der Waals surface area contributed by atoms with Gasteiger partial charge in [0.15, 0.2) is 0 Å². The molecule has 0 saturated carbocycles. The van der Waals surface area contributed by atoms with Crippen LogP contribution in [0.1, 0.15) is 76.7 Å². The molecular weight excluding hydrogens is 336 g/mol. The van der Waals surface area contributed by atoms with Gasteiger partial charge in [0.1, 0.15) is 17.2 Å². The summed E-state index contributed by atoms with van der Waals surface area (Å²) in [6.07, 6.45) is 15.0. The van der Waals surface area contributed by atoms with E-state index in [0.29, 0.717) is 5.75 Å². The number of benzene rings is 2. The van der Waals surface area contributed by atoms with Crippen LogP contribution in [0.15, 0.2) is 48.5 Å². The lowest BCUT2D eigenvalue weighted by Gasteiger charge is -2.03. The zero-order valence-corrected chi connectivity index (χ0v) is 16.7. The van der Waals surface area contributed by atoms with Crippen molar-refractivity contribution < 1.29 is 15.3 Å². The Balaban J connectivity index is 0.000000377. The molecule has 27 heavy (non-hydrogen) atoms. The minimum absolute atomic E-state index is 0.0880. The molecule has 0 aliphatic heterocycles. The van der Waals surface area contributed by atoms with Gasteiger partial charge in [-0.3, -0.25) is 0 Å². The molecule has 150 valence electrons. The molecule has 0 amide bonds. The number of rotatable bonds is 11. The quantitative estimate of drug-likeness (QED) is 0.374. The summed E-state index contributed by atoms with van der Waals surface area (Å²) in [7, 11) is 0. The maximum atomic E-state index is 9.20. The largest absolute Gasteiger partial charge is 0.508 e. The van der Waals surface area contributed by atoms with Crippen molar-refractivity contribution in [2.24, 2.45) is 0 Å². The van der Waals surface area contributed by atoms with Gasteiger partial charge in [0.25, 0.3) is 0 Å². The molecule has 3 heteroatoms. The standard InChI is InChI=1S/C18H30O.C6H6O2/c1-2-3-4-5-6-7-8-9-10-11-12-17-13-15-18(19)16-14-17;7-5-2-1-3-6(8)4-5/h13-16,19H,2-12H2,1H3;1-4,7-8H. The molecule has 2 aromatic rings. The monoisotopic (exact) mass is 372 g/mol. The Morgan fingerprint density at radius 2 is 1.04 bits per heavy atom. The Morgan fingerprint density at radius 1 is 0.556 bits per heavy atom. The van der Waals surface area contributed by atoms with E-state index in [1.165, 1.54) is 88.0 Å². The molecule has 0 aliphatic rings. The zero-order chi connectivity index (χ0) is 19.7. The van der Waals surface area contributed by atoms with E-state index in [0.717, 1.165) is 6.42 Å². The van der Waals surface area contributed by atoms with Gasteiger partial charge in [-0.25, -0.2) is 0 Å². The number of hydrogen-bond acceptors (Lipinski definition) is 3. The summed E-state index contributed by atoms with van der Waals surface area (Å²) in [5, 5.41) is 26.5. The first-order chi connectivity index (χ1) is 13.1. The van der Waals surface area contributed by atoms with Crippen LogP contribution < -0.4 is 0 Å². The predicted molar refractivity (Wildman–Crippen MR) is 113 cm³/mol. The molecule has 0 aliphatic carbocycles. The second kappa shape index (κ2) is 15.0. The Labute approximate surface area is 164 Å². The van der Waals surface area contributed by atoms with Gasteiger partial charge < -0.3 is 15.3 Å². The van der Waals surface area contributed by atoms with Crippen molar-refractivity contribution in [2.75, 3.05) is 0 Å². The fourth-order valence-electron chi connectivity index (χ4n) is 2.97. The van der Waals surface area contributed by atoms with Gasteiger partial charge in [-0.1, -0.05) is 82.9 Å². The van der Waals surface area contributed by atoms with Crippen molar-refractivity contribution in [3.05, 3.63) is 54.1 Å². The van der Waals surface area contributed by atoms with Crippen molar-refractivity contribution in [2.45, 2.75) is 77.6 Å². The minimum Gasteiger partial charge on any atom is -0.508 e. The molecular formula is C24H36O3. The van der Waals surface area contributed by atoms with Crippen LogP contribution in [0.3, 0.4) is 0 Å². The first-order valence-corrected chi connectivity index (χ1v) is 10.4. The summed E-state index contributed by atoms with van der Waals surface area (Å²) in [5.74, 6) is 0.543. The molecule has 0 radical (unpaired) electrons. The molecule has 0 atom stereocenters. The van der Waals surface area contributed by atoms with Crippen LogP contribution in [0.4, 0.5) is 0 Å². The van der Waals surface area contributed by atoms with Crippen LogP contribution in [-0.2, 0) is 6.42 Å². The highest BCUT2D eigenvalue weighted by molar-refractivity contribution is 5.30. The lowest BCUT2D eigenvalue weighted by Crippen LogP contribution is -1.86. The number of aryl methyl sites for hydroxylation is 1. The topological polar surface area (TPSA) is 60.7 Å². The zero-order valence-electron chi connectivity index (χ0n) is 16.7. The molecule has 0 spiro atoms. The van der Waals surface area contributed by atoms with Gasteiger partial charge in [-0.05, 0) is 42.7 Å². The van der Waals surface area contributed by atoms with E-state index in [9.17, 15) is 5.11 Å². The van der Waals surface area contributed by atoms with Crippen molar-refractivity contribution in [1.82, 2.24) is 0 Å². The SMILES string of the molecule is CCCCCCCCCCCCc1ccc(O)cc1.Oc1cccc(O)c1. The van der Waals surface area contributed by atoms with Crippen LogP contribution >= 0.6 is 0 Å². The van der Waals surface area contributed by atoms with Crippen LogP contribution in [0.5, 0.6) is 17.2 Å². The first kappa shape index (κ1) is 22.9. The predicted octanol–water partition coefficient (Wildman–Crippen LogP) is 6.95. The van der Waals surface area contributed by atoms with Crippen LogP contribution in [-0.4, -0.2) is 15.3 Å². The summed E-state index contributed by atoms with van der Waals surface area (Å²) in [4.78, 5) is 0. The third kappa shape index (κ3) is 12.8. The van der Waals surface area contributed by atoms with Gasteiger partial charge in [0, 0.05) is 6.07 Å². The molecule has 0 fully saturated rings. The van der Waals surface area contributed by atoms with Gasteiger partial charge in [-0.15, -0.1) is 0 Å². The minimum atomic E-state index is 0.0880. The Bertz CT molecular complexity index is 576. The Morgan fingerprint density at radius 3 is 1.48 bits per heavy atom. The van der Waals surface area contributed by atoms with Crippen molar-refractivity contribution in [3.8, 4) is 17.2 Å². The normalized spacial score (nSPS) is 10.3. The van der Waals surface area contributed by atoms with Crippen LogP contribution in [0.2, 0.25) is 0 Å². The van der Waals surface area contributed by atoms with E-state index in [1.54, 1.807) is 18.2 Å². The number of phenolic OH excluding ortho intramolecular Hbond substituents is 3. The fraction of sp³-hybridized carbons (Fsp3) is 0.500. The summed E-state index contributed by atoms with van der Waals surface area (Å²) >= 11 is 0. The van der Waals surface area contributed by atoms with E-state index < -0.39 is 0 Å². The lowest BCUT2D eigenvalue weighted by molar-refractivity contribution is 0.450. The molecule has 0 unspecified atom stereocenters. The smallest absolute Gasteiger partial charge is 0.119 e. The van der Waals surface area contributed by atoms with E-state index >= 15 is 0 Å². The van der Waals surface area contributed by atoms with Crippen molar-refractivity contribution in [3.63, 3.8) is 0 Å². The molecule has 0 bridgehead atoms. The molecule has 0 aromatic heterocycles. The molecule has 0 heterocycles. The molecule has 3 nitrogen and oxygen atoms in total. The van der Waals surface area contributed by atoms with Crippen LogP contribution in [0, 0.1) is 0 Å². The highest BCUT2D eigenvalue weighted by atomic mass is 16.3. The summed E-state index contributed by atoms with van der Waals surface area (Å²) in [5.41, 5.74) is 1.34. The molecule has 2 rings (SSSR count). The number of hydrogen-bond donors (Lipinski definition) is 3. The van der Waals surface area contributed by atoms with E-state index in [1.807, 2.05) is 12.1 Å². The molecule has 2 aromatic carbocycles. The summed E-state index contributed by atoms with van der Waals surface area (Å²) < 4.78 is 0.